The molecule has 1 heterocycles. The van der Waals surface area contributed by atoms with Crippen LogP contribution in [0.15, 0.2) is 54.7 Å². The largest absolute Gasteiger partial charge is 0.493 e. The van der Waals surface area contributed by atoms with E-state index in [2.05, 4.69) is 5.10 Å². The molecule has 6 nitrogen and oxygen atoms in total. The second-order valence-corrected chi connectivity index (χ2v) is 6.73. The Kier molecular flexibility index (Phi) is 5.99. The second-order valence-electron chi connectivity index (χ2n) is 6.73. The van der Waals surface area contributed by atoms with Crippen LogP contribution in [-0.2, 0) is 4.74 Å². The standard InChI is InChI=1S/C22H24N2O4/c1-15(2)14-28-22(25)18-13-24(17-8-6-5-7-9-17)23-21(18)16-10-11-19(26-3)20(12-16)27-4/h5-13,15H,14H2,1-4H3. The highest BCUT2D eigenvalue weighted by molar-refractivity contribution is 5.96. The van der Waals surface area contributed by atoms with Crippen molar-refractivity contribution >= 4 is 5.97 Å². The summed E-state index contributed by atoms with van der Waals surface area (Å²) in [7, 11) is 3.15. The quantitative estimate of drug-likeness (QED) is 0.570. The fourth-order valence-corrected chi connectivity index (χ4v) is 2.75. The monoisotopic (exact) mass is 380 g/mol. The summed E-state index contributed by atoms with van der Waals surface area (Å²) in [6.07, 6.45) is 1.70. The van der Waals surface area contributed by atoms with Crippen LogP contribution >= 0.6 is 0 Å². The van der Waals surface area contributed by atoms with Gasteiger partial charge < -0.3 is 14.2 Å². The highest BCUT2D eigenvalue weighted by Crippen LogP contribution is 2.33. The van der Waals surface area contributed by atoms with Crippen LogP contribution in [0.5, 0.6) is 11.5 Å². The van der Waals surface area contributed by atoms with Crippen molar-refractivity contribution in [1.82, 2.24) is 9.78 Å². The molecule has 3 aromatic rings. The molecule has 0 atom stereocenters. The van der Waals surface area contributed by atoms with Crippen LogP contribution < -0.4 is 9.47 Å². The third kappa shape index (κ3) is 4.17. The summed E-state index contributed by atoms with van der Waals surface area (Å²) in [6.45, 7) is 4.34. The molecule has 28 heavy (non-hydrogen) atoms. The van der Waals surface area contributed by atoms with Gasteiger partial charge in [-0.05, 0) is 36.2 Å². The number of hydrogen-bond acceptors (Lipinski definition) is 5. The van der Waals surface area contributed by atoms with E-state index in [0.29, 0.717) is 29.4 Å². The zero-order valence-corrected chi connectivity index (χ0v) is 16.5. The van der Waals surface area contributed by atoms with Crippen LogP contribution in [0.3, 0.4) is 0 Å². The molecule has 0 aliphatic carbocycles. The minimum atomic E-state index is -0.402. The normalized spacial score (nSPS) is 10.8. The van der Waals surface area contributed by atoms with E-state index in [9.17, 15) is 4.79 Å². The number of carbonyl (C=O) groups excluding carboxylic acids is 1. The van der Waals surface area contributed by atoms with Gasteiger partial charge in [-0.15, -0.1) is 0 Å². The first-order valence-electron chi connectivity index (χ1n) is 9.08. The second kappa shape index (κ2) is 8.61. The van der Waals surface area contributed by atoms with Crippen molar-refractivity contribution in [2.45, 2.75) is 13.8 Å². The Bertz CT molecular complexity index is 948. The van der Waals surface area contributed by atoms with Crippen LogP contribution in [0, 0.1) is 5.92 Å². The first-order chi connectivity index (χ1) is 13.5. The Morgan fingerprint density at radius 2 is 1.75 bits per heavy atom. The molecule has 0 N–H and O–H groups in total. The number of carbonyl (C=O) groups is 1. The van der Waals surface area contributed by atoms with Gasteiger partial charge in [0.2, 0.25) is 0 Å². The Morgan fingerprint density at radius 1 is 1.04 bits per heavy atom. The van der Waals surface area contributed by atoms with Gasteiger partial charge >= 0.3 is 5.97 Å². The first-order valence-corrected chi connectivity index (χ1v) is 9.08. The SMILES string of the molecule is COc1ccc(-c2nn(-c3ccccc3)cc2C(=O)OCC(C)C)cc1OC. The van der Waals surface area contributed by atoms with E-state index in [1.54, 1.807) is 37.2 Å². The molecule has 0 saturated carbocycles. The number of para-hydroxylation sites is 1. The Morgan fingerprint density at radius 3 is 2.39 bits per heavy atom. The van der Waals surface area contributed by atoms with Crippen molar-refractivity contribution in [3.8, 4) is 28.4 Å². The van der Waals surface area contributed by atoms with E-state index >= 15 is 0 Å². The summed E-state index contributed by atoms with van der Waals surface area (Å²) in [5, 5.41) is 4.65. The van der Waals surface area contributed by atoms with Gasteiger partial charge in [-0.3, -0.25) is 0 Å². The van der Waals surface area contributed by atoms with E-state index in [4.69, 9.17) is 14.2 Å². The zero-order chi connectivity index (χ0) is 20.1. The van der Waals surface area contributed by atoms with Gasteiger partial charge in [0.05, 0.1) is 26.5 Å². The summed E-state index contributed by atoms with van der Waals surface area (Å²) in [6, 6.07) is 15.1. The molecule has 0 saturated heterocycles. The summed E-state index contributed by atoms with van der Waals surface area (Å²) >= 11 is 0. The molecule has 2 aromatic carbocycles. The lowest BCUT2D eigenvalue weighted by molar-refractivity contribution is 0.0460. The topological polar surface area (TPSA) is 62.6 Å². The van der Waals surface area contributed by atoms with Gasteiger partial charge in [-0.2, -0.15) is 5.10 Å². The number of nitrogens with zero attached hydrogens (tertiary/aromatic N) is 2. The minimum absolute atomic E-state index is 0.248. The molecule has 0 spiro atoms. The number of rotatable bonds is 7. The van der Waals surface area contributed by atoms with Crippen LogP contribution in [0.1, 0.15) is 24.2 Å². The Hall–Kier alpha value is -3.28. The lowest BCUT2D eigenvalue weighted by atomic mass is 10.1. The van der Waals surface area contributed by atoms with Crippen LogP contribution in [0.4, 0.5) is 0 Å². The van der Waals surface area contributed by atoms with E-state index in [1.165, 1.54) is 0 Å². The van der Waals surface area contributed by atoms with Crippen molar-refractivity contribution < 1.29 is 19.0 Å². The van der Waals surface area contributed by atoms with E-state index < -0.39 is 5.97 Å². The molecular weight excluding hydrogens is 356 g/mol. The van der Waals surface area contributed by atoms with E-state index in [0.717, 1.165) is 11.3 Å². The molecule has 0 aliphatic heterocycles. The number of methoxy groups -OCH3 is 2. The fourth-order valence-electron chi connectivity index (χ4n) is 2.75. The summed E-state index contributed by atoms with van der Waals surface area (Å²) in [5.41, 5.74) is 2.52. The van der Waals surface area contributed by atoms with Crippen molar-refractivity contribution in [2.24, 2.45) is 5.92 Å². The number of benzene rings is 2. The third-order valence-electron chi connectivity index (χ3n) is 4.16. The summed E-state index contributed by atoms with van der Waals surface area (Å²) < 4.78 is 17.8. The lowest BCUT2D eigenvalue weighted by Crippen LogP contribution is -2.10. The molecule has 0 fully saturated rings. The van der Waals surface area contributed by atoms with Gasteiger partial charge in [0, 0.05) is 11.8 Å². The highest BCUT2D eigenvalue weighted by Gasteiger charge is 2.21. The van der Waals surface area contributed by atoms with Gasteiger partial charge in [0.1, 0.15) is 11.3 Å². The predicted octanol–water partition coefficient (Wildman–Crippen LogP) is 4.37. The van der Waals surface area contributed by atoms with Crippen molar-refractivity contribution in [1.29, 1.82) is 0 Å². The lowest BCUT2D eigenvalue weighted by Gasteiger charge is -2.10. The predicted molar refractivity (Wildman–Crippen MR) is 107 cm³/mol. The smallest absolute Gasteiger partial charge is 0.342 e. The third-order valence-corrected chi connectivity index (χ3v) is 4.16. The molecule has 0 bridgehead atoms. The molecule has 0 unspecified atom stereocenters. The van der Waals surface area contributed by atoms with Gasteiger partial charge in [0.25, 0.3) is 0 Å². The molecule has 0 amide bonds. The van der Waals surface area contributed by atoms with Crippen molar-refractivity contribution in [3.63, 3.8) is 0 Å². The van der Waals surface area contributed by atoms with Gasteiger partial charge in [0.15, 0.2) is 11.5 Å². The van der Waals surface area contributed by atoms with Crippen LogP contribution in [-0.4, -0.2) is 36.6 Å². The van der Waals surface area contributed by atoms with E-state index in [1.807, 2.05) is 50.2 Å². The summed E-state index contributed by atoms with van der Waals surface area (Å²) in [5.74, 6) is 1.02. The highest BCUT2D eigenvalue weighted by atomic mass is 16.5. The van der Waals surface area contributed by atoms with Gasteiger partial charge in [-0.25, -0.2) is 9.48 Å². The molecule has 3 rings (SSSR count). The molecule has 146 valence electrons. The molecular formula is C22H24N2O4. The average molecular weight is 380 g/mol. The first kappa shape index (κ1) is 19.5. The number of ether oxygens (including phenoxy) is 3. The average Bonchev–Trinajstić information content (AvgIpc) is 3.17. The van der Waals surface area contributed by atoms with E-state index in [-0.39, 0.29) is 5.92 Å². The van der Waals surface area contributed by atoms with Gasteiger partial charge in [-0.1, -0.05) is 32.0 Å². The minimum Gasteiger partial charge on any atom is -0.493 e. The molecule has 0 aliphatic rings. The van der Waals surface area contributed by atoms with Crippen molar-refractivity contribution in [2.75, 3.05) is 20.8 Å². The Balaban J connectivity index is 2.07. The Labute approximate surface area is 164 Å². The molecule has 1 aromatic heterocycles. The number of hydrogen-bond donors (Lipinski definition) is 0. The molecule has 6 heteroatoms. The summed E-state index contributed by atoms with van der Waals surface area (Å²) in [4.78, 5) is 12.7. The van der Waals surface area contributed by atoms with Crippen molar-refractivity contribution in [3.05, 3.63) is 60.3 Å². The van der Waals surface area contributed by atoms with Crippen LogP contribution in [0.2, 0.25) is 0 Å². The maximum Gasteiger partial charge on any atom is 0.342 e. The number of aromatic nitrogens is 2. The number of esters is 1. The fraction of sp³-hybridized carbons (Fsp3) is 0.273. The maximum absolute atomic E-state index is 12.7. The molecule has 0 radical (unpaired) electrons. The van der Waals surface area contributed by atoms with Crippen LogP contribution in [0.25, 0.3) is 16.9 Å². The maximum atomic E-state index is 12.7. The zero-order valence-electron chi connectivity index (χ0n) is 16.5.